The number of carbonyl (C=O) groups excluding carboxylic acids is 1. The fourth-order valence-electron chi connectivity index (χ4n) is 1.99. The lowest BCUT2D eigenvalue weighted by Gasteiger charge is -2.13. The minimum Gasteiger partial charge on any atom is -0.395 e. The molecule has 18 heavy (non-hydrogen) atoms. The molecule has 1 amide bonds. The number of thiophene rings is 1. The van der Waals surface area contributed by atoms with Crippen molar-refractivity contribution in [3.63, 3.8) is 0 Å². The first-order chi connectivity index (χ1) is 8.72. The largest absolute Gasteiger partial charge is 0.395 e. The van der Waals surface area contributed by atoms with Gasteiger partial charge in [-0.3, -0.25) is 4.79 Å². The molecule has 1 aromatic rings. The highest BCUT2D eigenvalue weighted by Crippen LogP contribution is 2.23. The van der Waals surface area contributed by atoms with Gasteiger partial charge in [0.2, 0.25) is 0 Å². The molecule has 0 atom stereocenters. The Labute approximate surface area is 111 Å². The predicted molar refractivity (Wildman–Crippen MR) is 72.8 cm³/mol. The minimum absolute atomic E-state index is 0.0803. The normalized spacial score (nSPS) is 14.4. The lowest BCUT2D eigenvalue weighted by molar-refractivity contribution is 0.0797. The summed E-state index contributed by atoms with van der Waals surface area (Å²) in [5.74, 6) is 6.05. The van der Waals surface area contributed by atoms with Crippen molar-refractivity contribution in [2.75, 3.05) is 19.7 Å². The van der Waals surface area contributed by atoms with Crippen LogP contribution in [0.15, 0.2) is 6.07 Å². The van der Waals surface area contributed by atoms with Gasteiger partial charge in [0.25, 0.3) is 5.91 Å². The van der Waals surface area contributed by atoms with Gasteiger partial charge in [0, 0.05) is 19.5 Å². The summed E-state index contributed by atoms with van der Waals surface area (Å²) in [4.78, 5) is 15.8. The maximum absolute atomic E-state index is 12.2. The molecule has 2 rings (SSSR count). The molecule has 2 heterocycles. The fourth-order valence-corrected chi connectivity index (χ4v) is 3.00. The maximum Gasteiger partial charge on any atom is 0.263 e. The van der Waals surface area contributed by atoms with Gasteiger partial charge >= 0.3 is 0 Å². The monoisotopic (exact) mass is 263 g/mol. The van der Waals surface area contributed by atoms with E-state index in [9.17, 15) is 4.79 Å². The lowest BCUT2D eigenvalue weighted by atomic mass is 10.2. The third kappa shape index (κ3) is 2.92. The van der Waals surface area contributed by atoms with Gasteiger partial charge in [-0.05, 0) is 31.4 Å². The highest BCUT2D eigenvalue weighted by atomic mass is 32.1. The average molecular weight is 263 g/mol. The van der Waals surface area contributed by atoms with E-state index in [-0.39, 0.29) is 12.5 Å². The number of aliphatic hydroxyl groups excluding tert-OH is 1. The number of aliphatic hydroxyl groups is 1. The van der Waals surface area contributed by atoms with Gasteiger partial charge < -0.3 is 10.0 Å². The molecule has 0 unspecified atom stereocenters. The standard InChI is InChI=1S/C14H17NO2S/c1-11-10-13(14(17)15-7-3-4-8-15)18-12(11)6-2-5-9-16/h10,16H,3-5,7-9H2,1H3. The van der Waals surface area contributed by atoms with Crippen LogP contribution in [0.2, 0.25) is 0 Å². The van der Waals surface area contributed by atoms with Crippen molar-refractivity contribution in [1.29, 1.82) is 0 Å². The molecule has 1 N–H and O–H groups in total. The van der Waals surface area contributed by atoms with Crippen LogP contribution in [0.4, 0.5) is 0 Å². The molecule has 1 aliphatic heterocycles. The second-order valence-corrected chi connectivity index (χ2v) is 5.45. The molecule has 96 valence electrons. The number of amides is 1. The molecule has 4 heteroatoms. The van der Waals surface area contributed by atoms with Gasteiger partial charge in [-0.1, -0.05) is 11.8 Å². The number of nitrogens with zero attached hydrogens (tertiary/aromatic N) is 1. The molecular weight excluding hydrogens is 246 g/mol. The summed E-state index contributed by atoms with van der Waals surface area (Å²) >= 11 is 1.46. The molecule has 0 bridgehead atoms. The minimum atomic E-state index is 0.0803. The Balaban J connectivity index is 2.13. The van der Waals surface area contributed by atoms with Gasteiger partial charge in [-0.15, -0.1) is 11.3 Å². The van der Waals surface area contributed by atoms with Crippen molar-refractivity contribution in [1.82, 2.24) is 4.90 Å². The van der Waals surface area contributed by atoms with E-state index in [4.69, 9.17) is 5.11 Å². The first-order valence-electron chi connectivity index (χ1n) is 6.22. The number of likely N-dealkylation sites (tertiary alicyclic amines) is 1. The van der Waals surface area contributed by atoms with Gasteiger partial charge in [0.05, 0.1) is 16.4 Å². The van der Waals surface area contributed by atoms with Crippen LogP contribution in [-0.4, -0.2) is 35.6 Å². The summed E-state index contributed by atoms with van der Waals surface area (Å²) in [5.41, 5.74) is 1.05. The Morgan fingerprint density at radius 2 is 2.22 bits per heavy atom. The van der Waals surface area contributed by atoms with Crippen molar-refractivity contribution in [2.24, 2.45) is 0 Å². The molecule has 1 aliphatic rings. The fraction of sp³-hybridized carbons (Fsp3) is 0.500. The van der Waals surface area contributed by atoms with E-state index in [0.29, 0.717) is 6.42 Å². The second-order valence-electron chi connectivity index (χ2n) is 4.40. The molecule has 3 nitrogen and oxygen atoms in total. The third-order valence-corrected chi connectivity index (χ3v) is 4.10. The van der Waals surface area contributed by atoms with Crippen LogP contribution < -0.4 is 0 Å². The Kier molecular flexibility index (Phi) is 4.40. The van der Waals surface area contributed by atoms with E-state index in [0.717, 1.165) is 41.2 Å². The first kappa shape index (κ1) is 13.1. The topological polar surface area (TPSA) is 40.5 Å². The van der Waals surface area contributed by atoms with E-state index < -0.39 is 0 Å². The Morgan fingerprint density at radius 1 is 1.50 bits per heavy atom. The number of hydrogen-bond acceptors (Lipinski definition) is 3. The van der Waals surface area contributed by atoms with Crippen LogP contribution in [0.3, 0.4) is 0 Å². The first-order valence-corrected chi connectivity index (χ1v) is 7.03. The Bertz CT molecular complexity index is 490. The summed E-state index contributed by atoms with van der Waals surface area (Å²) < 4.78 is 0. The van der Waals surface area contributed by atoms with E-state index in [1.165, 1.54) is 11.3 Å². The zero-order chi connectivity index (χ0) is 13.0. The van der Waals surface area contributed by atoms with Gasteiger partial charge in [0.15, 0.2) is 0 Å². The van der Waals surface area contributed by atoms with Gasteiger partial charge in [-0.2, -0.15) is 0 Å². The summed E-state index contributed by atoms with van der Waals surface area (Å²) in [6, 6.07) is 1.92. The van der Waals surface area contributed by atoms with E-state index >= 15 is 0 Å². The number of aryl methyl sites for hydroxylation is 1. The molecule has 0 spiro atoms. The zero-order valence-electron chi connectivity index (χ0n) is 10.5. The van der Waals surface area contributed by atoms with Crippen LogP contribution in [-0.2, 0) is 0 Å². The van der Waals surface area contributed by atoms with Crippen molar-refractivity contribution in [3.05, 3.63) is 21.4 Å². The number of rotatable bonds is 2. The molecule has 1 fully saturated rings. The highest BCUT2D eigenvalue weighted by Gasteiger charge is 2.21. The molecular formula is C14H17NO2S. The predicted octanol–water partition coefficient (Wildman–Crippen LogP) is 2.03. The maximum atomic E-state index is 12.2. The summed E-state index contributed by atoms with van der Waals surface area (Å²) in [7, 11) is 0. The Hall–Kier alpha value is -1.31. The lowest BCUT2D eigenvalue weighted by Crippen LogP contribution is -2.26. The van der Waals surface area contributed by atoms with Crippen LogP contribution >= 0.6 is 11.3 Å². The molecule has 0 aromatic carbocycles. The van der Waals surface area contributed by atoms with E-state index in [2.05, 4.69) is 11.8 Å². The molecule has 0 radical (unpaired) electrons. The van der Waals surface area contributed by atoms with E-state index in [1.54, 1.807) is 0 Å². The summed E-state index contributed by atoms with van der Waals surface area (Å²) in [6.45, 7) is 3.81. The summed E-state index contributed by atoms with van der Waals surface area (Å²) in [6.07, 6.45) is 2.70. The van der Waals surface area contributed by atoms with Crippen LogP contribution in [0.5, 0.6) is 0 Å². The smallest absolute Gasteiger partial charge is 0.263 e. The second kappa shape index (κ2) is 6.03. The van der Waals surface area contributed by atoms with Crippen molar-refractivity contribution in [3.8, 4) is 11.8 Å². The van der Waals surface area contributed by atoms with E-state index in [1.807, 2.05) is 17.9 Å². The molecule has 1 aromatic heterocycles. The van der Waals surface area contributed by atoms with Gasteiger partial charge in [0.1, 0.15) is 0 Å². The third-order valence-electron chi connectivity index (χ3n) is 2.96. The van der Waals surface area contributed by atoms with Gasteiger partial charge in [-0.25, -0.2) is 0 Å². The van der Waals surface area contributed by atoms with Crippen molar-refractivity contribution >= 4 is 17.2 Å². The molecule has 0 saturated carbocycles. The highest BCUT2D eigenvalue weighted by molar-refractivity contribution is 7.14. The quantitative estimate of drug-likeness (QED) is 0.829. The van der Waals surface area contributed by atoms with Crippen molar-refractivity contribution in [2.45, 2.75) is 26.2 Å². The van der Waals surface area contributed by atoms with Crippen LogP contribution in [0.1, 0.15) is 39.4 Å². The zero-order valence-corrected chi connectivity index (χ0v) is 11.3. The summed E-state index contributed by atoms with van der Waals surface area (Å²) in [5, 5.41) is 8.69. The van der Waals surface area contributed by atoms with Crippen LogP contribution in [0.25, 0.3) is 0 Å². The van der Waals surface area contributed by atoms with Crippen molar-refractivity contribution < 1.29 is 9.90 Å². The number of carbonyl (C=O) groups is 1. The Morgan fingerprint density at radius 3 is 2.89 bits per heavy atom. The molecule has 1 saturated heterocycles. The number of hydrogen-bond donors (Lipinski definition) is 1. The average Bonchev–Trinajstić information content (AvgIpc) is 2.99. The SMILES string of the molecule is Cc1cc(C(=O)N2CCCC2)sc1C#CCCO. The molecule has 0 aliphatic carbocycles. The van der Waals surface area contributed by atoms with Crippen LogP contribution in [0, 0.1) is 18.8 Å².